The lowest BCUT2D eigenvalue weighted by Gasteiger charge is -2.36. The van der Waals surface area contributed by atoms with Crippen LogP contribution in [0.1, 0.15) is 43.6 Å². The van der Waals surface area contributed by atoms with E-state index in [1.165, 1.54) is 41.3 Å². The van der Waals surface area contributed by atoms with E-state index in [1.807, 2.05) is 24.3 Å². The SMILES string of the molecule is O=C(O)c1ccc(C2c3[nH]c4ccccc4c3CC3C(=O)N(c4ccc(C(=O)O)cc4)C(=O)N32)cc1. The van der Waals surface area contributed by atoms with Crippen molar-refractivity contribution in [3.63, 3.8) is 0 Å². The third kappa shape index (κ3) is 3.09. The molecule has 0 spiro atoms. The lowest BCUT2D eigenvalue weighted by Crippen LogP contribution is -2.44. The molecule has 1 saturated heterocycles. The zero-order chi connectivity index (χ0) is 25.1. The van der Waals surface area contributed by atoms with E-state index in [9.17, 15) is 29.4 Å². The van der Waals surface area contributed by atoms with Crippen LogP contribution in [0.2, 0.25) is 0 Å². The molecule has 3 aromatic carbocycles. The predicted molar refractivity (Wildman–Crippen MR) is 129 cm³/mol. The molecular weight excluding hydrogens is 462 g/mol. The van der Waals surface area contributed by atoms with Gasteiger partial charge in [-0.3, -0.25) is 9.69 Å². The number of nitrogens with zero attached hydrogens (tertiary/aromatic N) is 2. The van der Waals surface area contributed by atoms with Crippen LogP contribution in [0.15, 0.2) is 72.8 Å². The predicted octanol–water partition coefficient (Wildman–Crippen LogP) is 4.05. The van der Waals surface area contributed by atoms with Gasteiger partial charge >= 0.3 is 18.0 Å². The summed E-state index contributed by atoms with van der Waals surface area (Å²) < 4.78 is 0. The number of aromatic carboxylic acids is 2. The summed E-state index contributed by atoms with van der Waals surface area (Å²) in [6.07, 6.45) is 0.317. The van der Waals surface area contributed by atoms with Gasteiger partial charge < -0.3 is 15.2 Å². The van der Waals surface area contributed by atoms with Gasteiger partial charge in [-0.15, -0.1) is 0 Å². The van der Waals surface area contributed by atoms with Crippen LogP contribution in [0.3, 0.4) is 0 Å². The number of fused-ring (bicyclic) bond motifs is 4. The number of benzene rings is 3. The highest BCUT2D eigenvalue weighted by molar-refractivity contribution is 6.22. The number of H-pyrrole nitrogens is 1. The number of amides is 3. The summed E-state index contributed by atoms with van der Waals surface area (Å²) >= 11 is 0. The first-order valence-corrected chi connectivity index (χ1v) is 11.3. The van der Waals surface area contributed by atoms with Gasteiger partial charge in [-0.25, -0.2) is 19.3 Å². The Labute approximate surface area is 204 Å². The van der Waals surface area contributed by atoms with E-state index in [0.29, 0.717) is 12.0 Å². The second-order valence-electron chi connectivity index (χ2n) is 8.83. The Balaban J connectivity index is 1.49. The standard InChI is InChI=1S/C27H19N3O6/c31-24-21-13-19-18-3-1-2-4-20(18)28-22(19)23(14-5-7-15(8-6-14)25(32)33)30(21)27(36)29(24)17-11-9-16(10-12-17)26(34)35/h1-12,21,23,28H,13H2,(H,32,33)(H,34,35). The lowest BCUT2D eigenvalue weighted by molar-refractivity contribution is -0.120. The Morgan fingerprint density at radius 3 is 2.08 bits per heavy atom. The number of anilines is 1. The van der Waals surface area contributed by atoms with Crippen LogP contribution in [0.25, 0.3) is 10.9 Å². The zero-order valence-electron chi connectivity index (χ0n) is 18.7. The first-order chi connectivity index (χ1) is 17.3. The third-order valence-corrected chi connectivity index (χ3v) is 6.89. The Morgan fingerprint density at radius 1 is 0.833 bits per heavy atom. The zero-order valence-corrected chi connectivity index (χ0v) is 18.7. The van der Waals surface area contributed by atoms with Gasteiger partial charge in [0.05, 0.1) is 16.8 Å². The Bertz CT molecular complexity index is 1570. The van der Waals surface area contributed by atoms with E-state index >= 15 is 0 Å². The Hall–Kier alpha value is -4.92. The number of carbonyl (C=O) groups excluding carboxylic acids is 2. The molecule has 1 fully saturated rings. The van der Waals surface area contributed by atoms with Crippen molar-refractivity contribution in [2.45, 2.75) is 18.5 Å². The number of carboxylic acids is 2. The molecule has 1 aromatic heterocycles. The molecule has 0 radical (unpaired) electrons. The maximum atomic E-state index is 13.8. The minimum absolute atomic E-state index is 0.0495. The van der Waals surface area contributed by atoms with Crippen molar-refractivity contribution in [1.29, 1.82) is 0 Å². The van der Waals surface area contributed by atoms with Gasteiger partial charge in [0.15, 0.2) is 0 Å². The smallest absolute Gasteiger partial charge is 0.335 e. The van der Waals surface area contributed by atoms with Crippen molar-refractivity contribution < 1.29 is 29.4 Å². The van der Waals surface area contributed by atoms with Gasteiger partial charge in [0.25, 0.3) is 5.91 Å². The molecule has 3 N–H and O–H groups in total. The van der Waals surface area contributed by atoms with Crippen LogP contribution in [0.4, 0.5) is 10.5 Å². The van der Waals surface area contributed by atoms with Crippen molar-refractivity contribution >= 4 is 40.5 Å². The van der Waals surface area contributed by atoms with Crippen LogP contribution in [-0.4, -0.2) is 50.0 Å². The van der Waals surface area contributed by atoms with Crippen LogP contribution in [-0.2, 0) is 11.2 Å². The van der Waals surface area contributed by atoms with Crippen molar-refractivity contribution in [1.82, 2.24) is 9.88 Å². The van der Waals surface area contributed by atoms with Gasteiger partial charge in [-0.05, 0) is 53.6 Å². The van der Waals surface area contributed by atoms with E-state index in [0.717, 1.165) is 27.1 Å². The van der Waals surface area contributed by atoms with Crippen molar-refractivity contribution in [2.75, 3.05) is 4.90 Å². The third-order valence-electron chi connectivity index (χ3n) is 6.89. The Morgan fingerprint density at radius 2 is 1.44 bits per heavy atom. The fourth-order valence-corrected chi connectivity index (χ4v) is 5.22. The van der Waals surface area contributed by atoms with Crippen LogP contribution < -0.4 is 4.90 Å². The van der Waals surface area contributed by atoms with Crippen LogP contribution in [0, 0.1) is 0 Å². The van der Waals surface area contributed by atoms with Crippen LogP contribution in [0.5, 0.6) is 0 Å². The van der Waals surface area contributed by atoms with Crippen molar-refractivity contribution in [3.8, 4) is 0 Å². The lowest BCUT2D eigenvalue weighted by atomic mass is 9.88. The molecule has 36 heavy (non-hydrogen) atoms. The number of nitrogens with one attached hydrogen (secondary N) is 1. The summed E-state index contributed by atoms with van der Waals surface area (Å²) in [7, 11) is 0. The first-order valence-electron chi connectivity index (χ1n) is 11.3. The topological polar surface area (TPSA) is 131 Å². The average molecular weight is 481 g/mol. The van der Waals surface area contributed by atoms with Gasteiger partial charge in [0, 0.05) is 23.0 Å². The quantitative estimate of drug-likeness (QED) is 0.377. The van der Waals surface area contributed by atoms with Crippen molar-refractivity contribution in [2.24, 2.45) is 0 Å². The summed E-state index contributed by atoms with van der Waals surface area (Å²) in [5.41, 5.74) is 3.72. The summed E-state index contributed by atoms with van der Waals surface area (Å²) in [6.45, 7) is 0. The fraction of sp³-hybridized carbons (Fsp3) is 0.111. The summed E-state index contributed by atoms with van der Waals surface area (Å²) in [5.74, 6) is -2.56. The molecule has 0 bridgehead atoms. The van der Waals surface area contributed by atoms with E-state index in [1.54, 1.807) is 12.1 Å². The molecule has 0 saturated carbocycles. The number of rotatable bonds is 4. The number of carbonyl (C=O) groups is 4. The molecule has 9 nitrogen and oxygen atoms in total. The minimum Gasteiger partial charge on any atom is -0.478 e. The Kier molecular flexibility index (Phi) is 4.68. The molecule has 2 aliphatic heterocycles. The number of urea groups is 1. The van der Waals surface area contributed by atoms with E-state index < -0.39 is 36.0 Å². The molecular formula is C27H19N3O6. The van der Waals surface area contributed by atoms with Gasteiger partial charge in [-0.2, -0.15) is 0 Å². The number of para-hydroxylation sites is 1. The molecule has 4 aromatic rings. The molecule has 3 amide bonds. The molecule has 2 unspecified atom stereocenters. The molecule has 2 atom stereocenters. The van der Waals surface area contributed by atoms with E-state index in [-0.39, 0.29) is 16.8 Å². The first kappa shape index (κ1) is 21.6. The number of hydrogen-bond donors (Lipinski definition) is 3. The summed E-state index contributed by atoms with van der Waals surface area (Å²) in [5, 5.41) is 19.5. The molecule has 6 rings (SSSR count). The molecule has 0 aliphatic carbocycles. The highest BCUT2D eigenvalue weighted by Gasteiger charge is 2.53. The number of aromatic nitrogens is 1. The fourth-order valence-electron chi connectivity index (χ4n) is 5.22. The second kappa shape index (κ2) is 7.81. The number of imide groups is 1. The number of aromatic amines is 1. The van der Waals surface area contributed by atoms with Gasteiger partial charge in [0.1, 0.15) is 12.1 Å². The monoisotopic (exact) mass is 481 g/mol. The molecule has 9 heteroatoms. The summed E-state index contributed by atoms with van der Waals surface area (Å²) in [4.78, 5) is 56.0. The minimum atomic E-state index is -1.10. The maximum absolute atomic E-state index is 13.8. The van der Waals surface area contributed by atoms with Gasteiger partial charge in [0.2, 0.25) is 0 Å². The maximum Gasteiger partial charge on any atom is 0.335 e. The molecule has 2 aliphatic rings. The highest BCUT2D eigenvalue weighted by atomic mass is 16.4. The van der Waals surface area contributed by atoms with Crippen LogP contribution >= 0.6 is 0 Å². The summed E-state index contributed by atoms with van der Waals surface area (Å²) in [6, 6.07) is 17.7. The largest absolute Gasteiger partial charge is 0.478 e. The number of carboxylic acid groups (broad SMARTS) is 2. The average Bonchev–Trinajstić information content (AvgIpc) is 3.37. The molecule has 3 heterocycles. The molecule has 178 valence electrons. The van der Waals surface area contributed by atoms with E-state index in [2.05, 4.69) is 4.98 Å². The van der Waals surface area contributed by atoms with Crippen molar-refractivity contribution in [3.05, 3.63) is 101 Å². The second-order valence-corrected chi connectivity index (χ2v) is 8.83. The van der Waals surface area contributed by atoms with Gasteiger partial charge in [-0.1, -0.05) is 30.3 Å². The normalized spacial score (nSPS) is 18.9. The highest BCUT2D eigenvalue weighted by Crippen LogP contribution is 2.44. The number of hydrogen-bond acceptors (Lipinski definition) is 4. The van der Waals surface area contributed by atoms with E-state index in [4.69, 9.17) is 0 Å².